The molecule has 0 amide bonds. The molecule has 78 valence electrons. The van der Waals surface area contributed by atoms with Gasteiger partial charge in [0, 0.05) is 5.56 Å². The van der Waals surface area contributed by atoms with Crippen LogP contribution in [0.4, 0.5) is 0 Å². The van der Waals surface area contributed by atoms with Gasteiger partial charge in [-0.25, -0.2) is 0 Å². The van der Waals surface area contributed by atoms with Gasteiger partial charge in [0.25, 0.3) is 0 Å². The maximum atomic E-state index is 11.0. The summed E-state index contributed by atoms with van der Waals surface area (Å²) in [7, 11) is -3.46. The zero-order valence-electron chi connectivity index (χ0n) is 8.17. The molecule has 0 aromatic heterocycles. The molecule has 15 heavy (non-hydrogen) atoms. The van der Waals surface area contributed by atoms with Crippen LogP contribution in [0.2, 0.25) is 0 Å². The van der Waals surface area contributed by atoms with E-state index in [2.05, 4.69) is 0 Å². The van der Waals surface area contributed by atoms with Crippen LogP contribution in [-0.4, -0.2) is 14.7 Å². The largest absolute Gasteiger partial charge is 0.382 e. The molecule has 2 rings (SSSR count). The van der Waals surface area contributed by atoms with E-state index in [0.717, 1.165) is 17.4 Å². The fourth-order valence-corrected chi connectivity index (χ4v) is 1.89. The molecular formula is C11H10O3S. The molecule has 0 fully saturated rings. The number of hydrogen-bond donors (Lipinski definition) is 0. The molecule has 0 spiro atoms. The topological polar surface area (TPSA) is 43.4 Å². The van der Waals surface area contributed by atoms with Crippen molar-refractivity contribution in [2.75, 3.05) is 6.26 Å². The Kier molecular flexibility index (Phi) is 2.36. The third-order valence-electron chi connectivity index (χ3n) is 1.99. The summed E-state index contributed by atoms with van der Waals surface area (Å²) in [5.74, 6) is 0.378. The van der Waals surface area contributed by atoms with Crippen molar-refractivity contribution in [3.8, 4) is 16.9 Å². The van der Waals surface area contributed by atoms with Gasteiger partial charge in [0.15, 0.2) is 0 Å². The lowest BCUT2D eigenvalue weighted by Gasteiger charge is -2.01. The lowest BCUT2D eigenvalue weighted by Crippen LogP contribution is -2.05. The maximum absolute atomic E-state index is 11.0. The van der Waals surface area contributed by atoms with Crippen molar-refractivity contribution in [2.45, 2.75) is 0 Å². The second kappa shape index (κ2) is 3.55. The van der Waals surface area contributed by atoms with E-state index in [1.165, 1.54) is 0 Å². The van der Waals surface area contributed by atoms with E-state index in [-0.39, 0.29) is 0 Å². The van der Waals surface area contributed by atoms with E-state index in [0.29, 0.717) is 5.75 Å². The molecule has 0 aromatic rings. The molecule has 0 aliphatic heterocycles. The molecule has 0 radical (unpaired) electrons. The van der Waals surface area contributed by atoms with E-state index >= 15 is 0 Å². The fraction of sp³-hybridized carbons (Fsp3) is 0.0909. The van der Waals surface area contributed by atoms with Crippen molar-refractivity contribution in [1.29, 1.82) is 0 Å². The van der Waals surface area contributed by atoms with Gasteiger partial charge >= 0.3 is 10.1 Å². The zero-order valence-corrected chi connectivity index (χ0v) is 8.99. The molecule has 0 bridgehead atoms. The molecule has 0 unspecified atom stereocenters. The maximum Gasteiger partial charge on any atom is 0.306 e. The minimum absolute atomic E-state index is 0.378. The van der Waals surface area contributed by atoms with Gasteiger partial charge in [-0.15, -0.1) is 0 Å². The van der Waals surface area contributed by atoms with Crippen LogP contribution in [0.25, 0.3) is 11.1 Å². The Morgan fingerprint density at radius 1 is 1.00 bits per heavy atom. The van der Waals surface area contributed by atoms with Crippen molar-refractivity contribution < 1.29 is 12.6 Å². The van der Waals surface area contributed by atoms with Gasteiger partial charge in [-0.3, -0.25) is 0 Å². The van der Waals surface area contributed by atoms with Crippen LogP contribution >= 0.6 is 0 Å². The highest BCUT2D eigenvalue weighted by molar-refractivity contribution is 7.86. The third-order valence-corrected chi connectivity index (χ3v) is 2.48. The highest BCUT2D eigenvalue weighted by atomic mass is 32.2. The van der Waals surface area contributed by atoms with Gasteiger partial charge in [-0.1, -0.05) is 36.4 Å². The molecule has 0 saturated heterocycles. The van der Waals surface area contributed by atoms with Crippen molar-refractivity contribution in [3.63, 3.8) is 0 Å². The van der Waals surface area contributed by atoms with Crippen LogP contribution in [-0.2, 0) is 10.1 Å². The van der Waals surface area contributed by atoms with Gasteiger partial charge in [0.2, 0.25) is 0 Å². The highest BCUT2D eigenvalue weighted by Crippen LogP contribution is 2.33. The van der Waals surface area contributed by atoms with E-state index < -0.39 is 10.1 Å². The smallest absolute Gasteiger partial charge is 0.306 e. The Bertz CT molecular complexity index is 546. The van der Waals surface area contributed by atoms with E-state index in [9.17, 15) is 8.42 Å². The highest BCUT2D eigenvalue weighted by Gasteiger charge is 2.12. The van der Waals surface area contributed by atoms with Crippen LogP contribution in [0, 0.1) is 0 Å². The summed E-state index contributed by atoms with van der Waals surface area (Å²) in [5, 5.41) is 0. The summed E-state index contributed by atoms with van der Waals surface area (Å²) in [6.45, 7) is 0. The second-order valence-electron chi connectivity index (χ2n) is 3.26. The molecule has 4 heteroatoms. The predicted octanol–water partition coefficient (Wildman–Crippen LogP) is 2.13. The monoisotopic (exact) mass is 222 g/mol. The van der Waals surface area contributed by atoms with E-state index in [1.54, 1.807) is 6.07 Å². The molecule has 2 aliphatic carbocycles. The van der Waals surface area contributed by atoms with Crippen LogP contribution in [0.3, 0.4) is 0 Å². The third kappa shape index (κ3) is 2.27. The standard InChI is InChI=1S/C11H10O3S/c1-15(12,13)14-11-8-7-9-5-3-2-4-6-10(9)11/h2-8H,1H3. The molecule has 0 atom stereocenters. The van der Waals surface area contributed by atoms with Gasteiger partial charge in [0.1, 0.15) is 5.75 Å². The van der Waals surface area contributed by atoms with E-state index in [1.807, 2.05) is 36.4 Å². The average Bonchev–Trinajstić information content (AvgIpc) is 2.35. The molecule has 2 aliphatic rings. The second-order valence-corrected chi connectivity index (χ2v) is 4.84. The lowest BCUT2D eigenvalue weighted by atomic mass is 10.2. The minimum Gasteiger partial charge on any atom is -0.382 e. The summed E-state index contributed by atoms with van der Waals surface area (Å²) in [5.41, 5.74) is 1.75. The van der Waals surface area contributed by atoms with Crippen LogP contribution in [0.5, 0.6) is 5.75 Å². The Morgan fingerprint density at radius 3 is 2.47 bits per heavy atom. The molecule has 0 N–H and O–H groups in total. The molecular weight excluding hydrogens is 212 g/mol. The summed E-state index contributed by atoms with van der Waals surface area (Å²) in [6.07, 6.45) is 1.04. The first-order valence-corrected chi connectivity index (χ1v) is 6.25. The van der Waals surface area contributed by atoms with Crippen molar-refractivity contribution >= 4 is 10.1 Å². The van der Waals surface area contributed by atoms with Crippen LogP contribution in [0.1, 0.15) is 0 Å². The fourth-order valence-electron chi connectivity index (χ4n) is 1.42. The van der Waals surface area contributed by atoms with E-state index in [4.69, 9.17) is 4.18 Å². The van der Waals surface area contributed by atoms with Gasteiger partial charge in [-0.05, 0) is 11.6 Å². The van der Waals surface area contributed by atoms with Gasteiger partial charge in [-0.2, -0.15) is 8.42 Å². The predicted molar refractivity (Wildman–Crippen MR) is 58.5 cm³/mol. The normalized spacial score (nSPS) is 11.5. The number of hydrogen-bond acceptors (Lipinski definition) is 3. The van der Waals surface area contributed by atoms with Crippen LogP contribution in [0.15, 0.2) is 42.5 Å². The molecule has 3 nitrogen and oxygen atoms in total. The van der Waals surface area contributed by atoms with Crippen molar-refractivity contribution in [3.05, 3.63) is 42.5 Å². The Morgan fingerprint density at radius 2 is 1.73 bits per heavy atom. The summed E-state index contributed by atoms with van der Waals surface area (Å²) >= 11 is 0. The molecule has 0 aromatic carbocycles. The molecule has 0 heterocycles. The zero-order chi connectivity index (χ0) is 10.9. The summed E-state index contributed by atoms with van der Waals surface area (Å²) in [4.78, 5) is 0. The lowest BCUT2D eigenvalue weighted by molar-refractivity contribution is 0.494. The first-order chi connectivity index (χ1) is 7.06. The Balaban J connectivity index is 2.50. The SMILES string of the molecule is CS(=O)(=O)Oc1ccc2cccccc1-2. The van der Waals surface area contributed by atoms with Gasteiger partial charge in [0.05, 0.1) is 6.26 Å². The number of rotatable bonds is 2. The van der Waals surface area contributed by atoms with Crippen molar-refractivity contribution in [1.82, 2.24) is 0 Å². The Hall–Kier alpha value is -1.55. The van der Waals surface area contributed by atoms with Gasteiger partial charge < -0.3 is 4.18 Å². The average molecular weight is 222 g/mol. The molecule has 0 saturated carbocycles. The quantitative estimate of drug-likeness (QED) is 0.731. The van der Waals surface area contributed by atoms with Crippen molar-refractivity contribution in [2.24, 2.45) is 0 Å². The summed E-state index contributed by atoms with van der Waals surface area (Å²) in [6, 6.07) is 12.8. The Labute approximate surface area is 88.8 Å². The minimum atomic E-state index is -3.46. The van der Waals surface area contributed by atoms with Crippen LogP contribution < -0.4 is 4.18 Å². The number of fused-ring (bicyclic) bond motifs is 1. The first kappa shape index (κ1) is 9.98. The first-order valence-electron chi connectivity index (χ1n) is 4.43. The summed E-state index contributed by atoms with van der Waals surface area (Å²) < 4.78 is 26.9.